The summed E-state index contributed by atoms with van der Waals surface area (Å²) in [5.74, 6) is -4.08. The summed E-state index contributed by atoms with van der Waals surface area (Å²) in [7, 11) is 0. The number of thioether (sulfide) groups is 1. The summed E-state index contributed by atoms with van der Waals surface area (Å²) in [5.41, 5.74) is 4.03. The normalized spacial score (nSPS) is 19.0. The van der Waals surface area contributed by atoms with E-state index in [1.165, 1.54) is 61.3 Å². The Bertz CT molecular complexity index is 1530. The van der Waals surface area contributed by atoms with Gasteiger partial charge in [0.1, 0.15) is 22.8 Å². The maximum atomic E-state index is 13.2. The van der Waals surface area contributed by atoms with Crippen LogP contribution in [-0.4, -0.2) is 77.3 Å². The van der Waals surface area contributed by atoms with Crippen molar-refractivity contribution in [1.29, 1.82) is 0 Å². The van der Waals surface area contributed by atoms with E-state index >= 15 is 0 Å². The van der Waals surface area contributed by atoms with Gasteiger partial charge >= 0.3 is 11.9 Å². The number of nitro groups is 1. The summed E-state index contributed by atoms with van der Waals surface area (Å²) in [5, 5.41) is 37.0. The van der Waals surface area contributed by atoms with Crippen molar-refractivity contribution in [2.75, 3.05) is 11.5 Å². The van der Waals surface area contributed by atoms with Crippen molar-refractivity contribution in [2.24, 2.45) is 5.16 Å². The number of non-ortho nitro benzene ring substituents is 1. The number of nitrogens with two attached hydrogens (primary N) is 1. The molecule has 1 aromatic heterocycles. The molecule has 2 amide bonds. The third-order valence-electron chi connectivity index (χ3n) is 5.93. The summed E-state index contributed by atoms with van der Waals surface area (Å²) in [6.07, 6.45) is 3.10. The minimum atomic E-state index is -1.78. The van der Waals surface area contributed by atoms with Gasteiger partial charge in [0.2, 0.25) is 5.60 Å². The fourth-order valence-corrected chi connectivity index (χ4v) is 5.55. The van der Waals surface area contributed by atoms with Crippen LogP contribution in [0.15, 0.2) is 52.1 Å². The molecule has 2 aromatic rings. The second kappa shape index (κ2) is 11.4. The van der Waals surface area contributed by atoms with Gasteiger partial charge in [0.25, 0.3) is 17.5 Å². The molecule has 214 valence electrons. The van der Waals surface area contributed by atoms with Crippen molar-refractivity contribution in [2.45, 2.75) is 30.9 Å². The Hall–Kier alpha value is -4.77. The molecule has 0 bridgehead atoms. The summed E-state index contributed by atoms with van der Waals surface area (Å²) >= 11 is 2.22. The number of rotatable bonds is 10. The van der Waals surface area contributed by atoms with Gasteiger partial charge in [-0.05, 0) is 37.1 Å². The molecular formula is C24H22N6O9S2. The number of nitrogens with zero attached hydrogens (tertiary/aromatic N) is 4. The minimum Gasteiger partial charge on any atom is -0.478 e. The topological polar surface area (TPSA) is 228 Å². The number of aromatic nitrogens is 1. The number of nitro benzene ring substituents is 1. The highest BCUT2D eigenvalue weighted by Crippen LogP contribution is 2.41. The second-order valence-corrected chi connectivity index (χ2v) is 11.1. The van der Waals surface area contributed by atoms with Crippen LogP contribution in [0.5, 0.6) is 0 Å². The van der Waals surface area contributed by atoms with Crippen LogP contribution < -0.4 is 11.1 Å². The molecule has 0 radical (unpaired) electrons. The number of benzene rings is 1. The van der Waals surface area contributed by atoms with E-state index in [1.807, 2.05) is 0 Å². The molecule has 41 heavy (non-hydrogen) atoms. The van der Waals surface area contributed by atoms with E-state index in [9.17, 15) is 39.5 Å². The zero-order chi connectivity index (χ0) is 30.1. The van der Waals surface area contributed by atoms with Gasteiger partial charge in [0.05, 0.1) is 4.92 Å². The average Bonchev–Trinajstić information content (AvgIpc) is 3.35. The van der Waals surface area contributed by atoms with Crippen molar-refractivity contribution >= 4 is 69.5 Å². The fraction of sp³-hybridized carbons (Fsp3) is 0.250. The summed E-state index contributed by atoms with van der Waals surface area (Å²) in [6.45, 7) is 2.45. The Kier molecular flexibility index (Phi) is 8.11. The maximum absolute atomic E-state index is 13.2. The minimum absolute atomic E-state index is 0.00379. The number of carboxylic acid groups (broad SMARTS) is 2. The van der Waals surface area contributed by atoms with E-state index in [2.05, 4.69) is 15.5 Å². The molecule has 2 aliphatic rings. The highest BCUT2D eigenvalue weighted by molar-refractivity contribution is 8.00. The zero-order valence-electron chi connectivity index (χ0n) is 21.3. The number of aliphatic carboxylic acids is 2. The number of anilines is 1. The number of nitrogen functional groups attached to an aromatic ring is 1. The number of hydrogen-bond acceptors (Lipinski definition) is 12. The lowest BCUT2D eigenvalue weighted by atomic mass is 10.0. The van der Waals surface area contributed by atoms with Crippen LogP contribution in [-0.2, 0) is 24.0 Å². The Balaban J connectivity index is 1.54. The third-order valence-corrected chi connectivity index (χ3v) is 7.90. The first-order chi connectivity index (χ1) is 19.3. The molecule has 17 heteroatoms. The van der Waals surface area contributed by atoms with E-state index < -0.39 is 51.4 Å². The maximum Gasteiger partial charge on any atom is 0.352 e. The largest absolute Gasteiger partial charge is 0.478 e. The average molecular weight is 603 g/mol. The van der Waals surface area contributed by atoms with Crippen molar-refractivity contribution in [1.82, 2.24) is 15.2 Å². The smallest absolute Gasteiger partial charge is 0.352 e. The first-order valence-corrected chi connectivity index (χ1v) is 13.6. The summed E-state index contributed by atoms with van der Waals surface area (Å²) in [4.78, 5) is 70.2. The third kappa shape index (κ3) is 6.04. The van der Waals surface area contributed by atoms with Crippen LogP contribution in [0, 0.1) is 10.1 Å². The lowest BCUT2D eigenvalue weighted by molar-refractivity contribution is -0.384. The van der Waals surface area contributed by atoms with E-state index in [-0.39, 0.29) is 28.0 Å². The Labute approximate surface area is 239 Å². The van der Waals surface area contributed by atoms with Crippen LogP contribution in [0.2, 0.25) is 0 Å². The van der Waals surface area contributed by atoms with E-state index in [1.54, 1.807) is 6.08 Å². The molecule has 15 nitrogen and oxygen atoms in total. The van der Waals surface area contributed by atoms with Gasteiger partial charge in [-0.3, -0.25) is 24.6 Å². The molecule has 1 fully saturated rings. The first-order valence-electron chi connectivity index (χ1n) is 11.7. The number of fused-ring (bicyclic) bond motifs is 1. The lowest BCUT2D eigenvalue weighted by Crippen LogP contribution is -2.71. The van der Waals surface area contributed by atoms with Gasteiger partial charge in [-0.25, -0.2) is 14.6 Å². The van der Waals surface area contributed by atoms with Gasteiger partial charge in [0.15, 0.2) is 10.8 Å². The van der Waals surface area contributed by atoms with Crippen molar-refractivity contribution in [3.8, 4) is 0 Å². The molecule has 0 saturated carbocycles. The van der Waals surface area contributed by atoms with Gasteiger partial charge in [-0.15, -0.1) is 23.1 Å². The number of carbonyl (C=O) groups excluding carboxylic acids is 2. The molecule has 2 aliphatic heterocycles. The van der Waals surface area contributed by atoms with Crippen LogP contribution in [0.25, 0.3) is 6.08 Å². The van der Waals surface area contributed by atoms with E-state index in [0.29, 0.717) is 11.1 Å². The summed E-state index contributed by atoms with van der Waals surface area (Å²) in [6, 6.07) is 4.52. The molecule has 1 saturated heterocycles. The number of thiazole rings is 1. The van der Waals surface area contributed by atoms with Gasteiger partial charge in [0, 0.05) is 23.3 Å². The molecular weight excluding hydrogens is 580 g/mol. The lowest BCUT2D eigenvalue weighted by Gasteiger charge is -2.49. The fourth-order valence-electron chi connectivity index (χ4n) is 3.68. The quantitative estimate of drug-likeness (QED) is 0.132. The van der Waals surface area contributed by atoms with Gasteiger partial charge in [-0.1, -0.05) is 17.3 Å². The number of nitrogens with one attached hydrogen (secondary N) is 1. The van der Waals surface area contributed by atoms with Crippen molar-refractivity contribution < 1.29 is 39.2 Å². The number of carboxylic acids is 2. The van der Waals surface area contributed by atoms with Crippen LogP contribution >= 0.6 is 23.1 Å². The van der Waals surface area contributed by atoms with E-state index in [0.717, 1.165) is 16.2 Å². The molecule has 2 atom stereocenters. The summed E-state index contributed by atoms with van der Waals surface area (Å²) < 4.78 is 0. The number of carbonyl (C=O) groups is 4. The molecule has 1 unspecified atom stereocenters. The zero-order valence-corrected chi connectivity index (χ0v) is 23.0. The number of β-lactam (4-membered cyclic amide) rings is 1. The Morgan fingerprint density at radius 3 is 2.51 bits per heavy atom. The Morgan fingerprint density at radius 1 is 1.27 bits per heavy atom. The number of allylic oxidation sites excluding steroid dienone is 1. The van der Waals surface area contributed by atoms with Crippen molar-refractivity contribution in [3.05, 3.63) is 68.4 Å². The van der Waals surface area contributed by atoms with Gasteiger partial charge < -0.3 is 26.1 Å². The standard InChI is InChI=1S/C24H22N6O9S2/c1-24(2,22(35)36)39-28-15(14-10-41-23(25)26-14)18(31)27-16-19(32)29-17(21(33)34)12(9-40-20(16)29)6-3-11-4-7-13(8-5-11)30(37)38/h3-8,10,16,20H,9H2,1-2H3,(H2,25,26)(H,27,31)(H,33,34)(H,35,36)/b6-3+,28-15-/t16?,20-/m1/s1. The highest BCUT2D eigenvalue weighted by Gasteiger charge is 2.54. The molecule has 4 rings (SSSR count). The molecule has 3 heterocycles. The molecule has 1 aromatic carbocycles. The van der Waals surface area contributed by atoms with E-state index in [4.69, 9.17) is 10.6 Å². The second-order valence-electron chi connectivity index (χ2n) is 9.14. The molecule has 5 N–H and O–H groups in total. The molecule has 0 aliphatic carbocycles. The predicted molar refractivity (Wildman–Crippen MR) is 148 cm³/mol. The monoisotopic (exact) mass is 602 g/mol. The predicted octanol–water partition coefficient (Wildman–Crippen LogP) is 1.67. The number of hydrogen-bond donors (Lipinski definition) is 4. The number of amides is 2. The SMILES string of the molecule is CC(C)(O/N=C(\C(=O)NC1C(=O)N2C(C(=O)O)=C(/C=C/c3ccc([N+](=O)[O-])cc3)CS[C@H]12)c1csc(N)n1)C(=O)O. The van der Waals surface area contributed by atoms with Crippen LogP contribution in [0.3, 0.4) is 0 Å². The highest BCUT2D eigenvalue weighted by atomic mass is 32.2. The Morgan fingerprint density at radius 2 is 1.95 bits per heavy atom. The number of oxime groups is 1. The van der Waals surface area contributed by atoms with Crippen LogP contribution in [0.4, 0.5) is 10.8 Å². The van der Waals surface area contributed by atoms with Crippen molar-refractivity contribution in [3.63, 3.8) is 0 Å². The first kappa shape index (κ1) is 29.2. The van der Waals surface area contributed by atoms with Crippen LogP contribution in [0.1, 0.15) is 25.1 Å². The molecule has 0 spiro atoms. The van der Waals surface area contributed by atoms with Gasteiger partial charge in [-0.2, -0.15) is 0 Å².